The zero-order valence-electron chi connectivity index (χ0n) is 15.1. The molecule has 0 bridgehead atoms. The van der Waals surface area contributed by atoms with Gasteiger partial charge in [-0.2, -0.15) is 0 Å². The molecule has 132 valence electrons. The first kappa shape index (κ1) is 18.5. The highest BCUT2D eigenvalue weighted by atomic mass is 16.2. The topological polar surface area (TPSA) is 61.4 Å². The van der Waals surface area contributed by atoms with Crippen molar-refractivity contribution < 1.29 is 9.59 Å². The molecule has 0 radical (unpaired) electrons. The van der Waals surface area contributed by atoms with Gasteiger partial charge in [0, 0.05) is 37.7 Å². The molecule has 5 nitrogen and oxygen atoms in total. The SMILES string of the molecule is CC(C)C(=O)N(C)Cc1ccc(C(=O)NC2CNCCC2C)cc1. The molecule has 2 unspecified atom stereocenters. The van der Waals surface area contributed by atoms with Crippen LogP contribution in [0.2, 0.25) is 0 Å². The smallest absolute Gasteiger partial charge is 0.251 e. The molecule has 0 saturated carbocycles. The van der Waals surface area contributed by atoms with E-state index in [0.717, 1.165) is 25.1 Å². The summed E-state index contributed by atoms with van der Waals surface area (Å²) in [5.74, 6) is 0.570. The molecule has 24 heavy (non-hydrogen) atoms. The zero-order valence-corrected chi connectivity index (χ0v) is 15.1. The third-order valence-electron chi connectivity index (χ3n) is 4.65. The Morgan fingerprint density at radius 1 is 1.29 bits per heavy atom. The lowest BCUT2D eigenvalue weighted by molar-refractivity contribution is -0.133. The number of hydrogen-bond acceptors (Lipinski definition) is 3. The van der Waals surface area contributed by atoms with E-state index in [1.165, 1.54) is 0 Å². The van der Waals surface area contributed by atoms with Gasteiger partial charge in [-0.25, -0.2) is 0 Å². The van der Waals surface area contributed by atoms with Crippen molar-refractivity contribution in [2.75, 3.05) is 20.1 Å². The van der Waals surface area contributed by atoms with Crippen molar-refractivity contribution in [1.29, 1.82) is 0 Å². The van der Waals surface area contributed by atoms with Gasteiger partial charge < -0.3 is 15.5 Å². The van der Waals surface area contributed by atoms with Crippen LogP contribution in [0.3, 0.4) is 0 Å². The Morgan fingerprint density at radius 3 is 2.54 bits per heavy atom. The Hall–Kier alpha value is -1.88. The Balaban J connectivity index is 1.93. The summed E-state index contributed by atoms with van der Waals surface area (Å²) >= 11 is 0. The Bertz CT molecular complexity index is 568. The molecule has 1 aliphatic rings. The lowest BCUT2D eigenvalue weighted by atomic mass is 9.94. The van der Waals surface area contributed by atoms with Crippen LogP contribution >= 0.6 is 0 Å². The predicted octanol–water partition coefficient (Wildman–Crippen LogP) is 2.03. The van der Waals surface area contributed by atoms with Crippen molar-refractivity contribution in [2.24, 2.45) is 11.8 Å². The van der Waals surface area contributed by atoms with E-state index in [1.807, 2.05) is 38.1 Å². The molecule has 1 saturated heterocycles. The minimum Gasteiger partial charge on any atom is -0.348 e. The minimum atomic E-state index is -0.0336. The summed E-state index contributed by atoms with van der Waals surface area (Å²) in [7, 11) is 1.81. The standard InChI is InChI=1S/C19H29N3O2/c1-13(2)19(24)22(4)12-15-5-7-16(8-6-15)18(23)21-17-11-20-10-9-14(17)3/h5-8,13-14,17,20H,9-12H2,1-4H3,(H,21,23). The van der Waals surface area contributed by atoms with E-state index in [4.69, 9.17) is 0 Å². The summed E-state index contributed by atoms with van der Waals surface area (Å²) < 4.78 is 0. The summed E-state index contributed by atoms with van der Waals surface area (Å²) in [6.45, 7) is 8.37. The molecule has 0 aliphatic carbocycles. The summed E-state index contributed by atoms with van der Waals surface area (Å²) in [6, 6.07) is 7.68. The predicted molar refractivity (Wildman–Crippen MR) is 95.7 cm³/mol. The van der Waals surface area contributed by atoms with Gasteiger partial charge in [-0.15, -0.1) is 0 Å². The van der Waals surface area contributed by atoms with E-state index in [-0.39, 0.29) is 23.8 Å². The molecule has 2 atom stereocenters. The van der Waals surface area contributed by atoms with Crippen molar-refractivity contribution in [3.8, 4) is 0 Å². The first-order chi connectivity index (χ1) is 11.4. The average Bonchev–Trinajstić information content (AvgIpc) is 2.56. The summed E-state index contributed by atoms with van der Waals surface area (Å²) in [5, 5.41) is 6.43. The maximum atomic E-state index is 12.4. The van der Waals surface area contributed by atoms with Crippen LogP contribution in [0, 0.1) is 11.8 Å². The Morgan fingerprint density at radius 2 is 1.96 bits per heavy atom. The lowest BCUT2D eigenvalue weighted by Gasteiger charge is -2.30. The second-order valence-electron chi connectivity index (χ2n) is 7.10. The second-order valence-corrected chi connectivity index (χ2v) is 7.10. The van der Waals surface area contributed by atoms with Gasteiger partial charge >= 0.3 is 0 Å². The van der Waals surface area contributed by atoms with Gasteiger partial charge in [-0.3, -0.25) is 9.59 Å². The molecule has 5 heteroatoms. The van der Waals surface area contributed by atoms with Gasteiger partial charge in [0.05, 0.1) is 0 Å². The molecule has 1 aliphatic heterocycles. The van der Waals surface area contributed by atoms with Crippen LogP contribution < -0.4 is 10.6 Å². The number of nitrogens with one attached hydrogen (secondary N) is 2. The molecule has 2 N–H and O–H groups in total. The highest BCUT2D eigenvalue weighted by molar-refractivity contribution is 5.94. The third-order valence-corrected chi connectivity index (χ3v) is 4.65. The van der Waals surface area contributed by atoms with Gasteiger partial charge in [-0.1, -0.05) is 32.9 Å². The minimum absolute atomic E-state index is 0.00820. The van der Waals surface area contributed by atoms with E-state index in [1.54, 1.807) is 11.9 Å². The molecule has 0 aromatic heterocycles. The molecule has 2 amide bonds. The number of hydrogen-bond donors (Lipinski definition) is 2. The van der Waals surface area contributed by atoms with Gasteiger partial charge in [-0.05, 0) is 36.6 Å². The van der Waals surface area contributed by atoms with E-state index in [2.05, 4.69) is 17.6 Å². The number of rotatable bonds is 5. The third kappa shape index (κ3) is 4.81. The van der Waals surface area contributed by atoms with Gasteiger partial charge in [0.15, 0.2) is 0 Å². The van der Waals surface area contributed by atoms with Crippen LogP contribution in [0.1, 0.15) is 43.1 Å². The maximum absolute atomic E-state index is 12.4. The number of piperidine rings is 1. The monoisotopic (exact) mass is 331 g/mol. The zero-order chi connectivity index (χ0) is 17.7. The summed E-state index contributed by atoms with van der Waals surface area (Å²) in [4.78, 5) is 26.0. The van der Waals surface area contributed by atoms with Crippen LogP contribution in [0.15, 0.2) is 24.3 Å². The first-order valence-electron chi connectivity index (χ1n) is 8.74. The van der Waals surface area contributed by atoms with Crippen LogP contribution in [0.25, 0.3) is 0 Å². The molecule has 1 aromatic rings. The second kappa shape index (κ2) is 8.29. The fraction of sp³-hybridized carbons (Fsp3) is 0.579. The summed E-state index contributed by atoms with van der Waals surface area (Å²) in [5.41, 5.74) is 1.69. The number of carbonyl (C=O) groups excluding carboxylic acids is 2. The van der Waals surface area contributed by atoms with E-state index in [9.17, 15) is 9.59 Å². The largest absolute Gasteiger partial charge is 0.348 e. The normalized spacial score (nSPS) is 20.7. The molecule has 1 aromatic carbocycles. The van der Waals surface area contributed by atoms with Crippen LogP contribution in [0.4, 0.5) is 0 Å². The van der Waals surface area contributed by atoms with Crippen LogP contribution in [0.5, 0.6) is 0 Å². The Labute approximate surface area is 144 Å². The van der Waals surface area contributed by atoms with Crippen molar-refractivity contribution in [2.45, 2.75) is 39.8 Å². The van der Waals surface area contributed by atoms with E-state index < -0.39 is 0 Å². The van der Waals surface area contributed by atoms with Crippen molar-refractivity contribution >= 4 is 11.8 Å². The van der Waals surface area contributed by atoms with Crippen LogP contribution in [-0.4, -0.2) is 42.9 Å². The van der Waals surface area contributed by atoms with Gasteiger partial charge in [0.25, 0.3) is 5.91 Å². The molecular weight excluding hydrogens is 302 g/mol. The molecular formula is C19H29N3O2. The van der Waals surface area contributed by atoms with Gasteiger partial charge in [0.1, 0.15) is 0 Å². The first-order valence-corrected chi connectivity index (χ1v) is 8.74. The fourth-order valence-corrected chi connectivity index (χ4v) is 2.99. The van der Waals surface area contributed by atoms with Gasteiger partial charge in [0.2, 0.25) is 5.91 Å². The highest BCUT2D eigenvalue weighted by Gasteiger charge is 2.23. The van der Waals surface area contributed by atoms with E-state index >= 15 is 0 Å². The molecule has 1 fully saturated rings. The highest BCUT2D eigenvalue weighted by Crippen LogP contribution is 2.13. The van der Waals surface area contributed by atoms with Crippen LogP contribution in [-0.2, 0) is 11.3 Å². The Kier molecular flexibility index (Phi) is 6.37. The van der Waals surface area contributed by atoms with E-state index in [0.29, 0.717) is 18.0 Å². The quantitative estimate of drug-likeness (QED) is 0.868. The van der Waals surface area contributed by atoms with Crippen molar-refractivity contribution in [3.63, 3.8) is 0 Å². The average molecular weight is 331 g/mol. The number of amides is 2. The van der Waals surface area contributed by atoms with Crippen molar-refractivity contribution in [1.82, 2.24) is 15.5 Å². The molecule has 2 rings (SSSR count). The fourth-order valence-electron chi connectivity index (χ4n) is 2.99. The summed E-state index contributed by atoms with van der Waals surface area (Å²) in [6.07, 6.45) is 1.08. The molecule has 1 heterocycles. The number of benzene rings is 1. The maximum Gasteiger partial charge on any atom is 0.251 e. The van der Waals surface area contributed by atoms with Crippen molar-refractivity contribution in [3.05, 3.63) is 35.4 Å². The lowest BCUT2D eigenvalue weighted by Crippen LogP contribution is -2.50. The number of carbonyl (C=O) groups is 2. The molecule has 0 spiro atoms. The number of nitrogens with zero attached hydrogens (tertiary/aromatic N) is 1.